The molecule has 2 N–H and O–H groups in total. The first kappa shape index (κ1) is 24.3. The van der Waals surface area contributed by atoms with Crippen LogP contribution in [0.25, 0.3) is 0 Å². The molecule has 0 bridgehead atoms. The summed E-state index contributed by atoms with van der Waals surface area (Å²) in [5.74, 6) is 2.17. The first-order valence-electron chi connectivity index (χ1n) is 9.50. The second-order valence-corrected chi connectivity index (χ2v) is 7.05. The van der Waals surface area contributed by atoms with E-state index in [1.165, 1.54) is 0 Å². The number of carbonyl (C=O) groups is 1. The molecule has 1 aromatic carbocycles. The van der Waals surface area contributed by atoms with E-state index in [2.05, 4.69) is 11.8 Å². The Morgan fingerprint density at radius 1 is 1.07 bits per heavy atom. The number of carbonyl (C=O) groups excluding carboxylic acids is 1. The number of benzene rings is 1. The lowest BCUT2D eigenvalue weighted by Gasteiger charge is -2.36. The molecule has 0 spiro atoms. The minimum absolute atomic E-state index is 0. The topological polar surface area (TPSA) is 77.3 Å². The average molecular weight is 416 g/mol. The molecule has 2 atom stereocenters. The number of halogens is 1. The Morgan fingerprint density at radius 3 is 2.04 bits per heavy atom. The molecule has 28 heavy (non-hydrogen) atoms. The second-order valence-electron chi connectivity index (χ2n) is 7.05. The third kappa shape index (κ3) is 5.65. The van der Waals surface area contributed by atoms with Crippen LogP contribution in [0.15, 0.2) is 12.1 Å². The molecule has 0 saturated carbocycles. The van der Waals surface area contributed by atoms with E-state index in [1.807, 2.05) is 24.0 Å². The number of hydrogen-bond donors (Lipinski definition) is 1. The van der Waals surface area contributed by atoms with E-state index in [0.717, 1.165) is 31.6 Å². The average Bonchev–Trinajstić information content (AvgIpc) is 2.71. The molecule has 1 saturated heterocycles. The molecule has 7 nitrogen and oxygen atoms in total. The number of methoxy groups -OCH3 is 3. The van der Waals surface area contributed by atoms with Gasteiger partial charge >= 0.3 is 0 Å². The van der Waals surface area contributed by atoms with Crippen molar-refractivity contribution >= 4 is 18.3 Å². The molecular formula is C20H34ClN3O4. The molecule has 0 radical (unpaired) electrons. The molecule has 1 aliphatic rings. The Balaban J connectivity index is 0.00000392. The van der Waals surface area contributed by atoms with Crippen molar-refractivity contribution in [1.82, 2.24) is 9.80 Å². The standard InChI is InChI=1S/C20H33N3O4.ClH/c1-6-14(2)18(21)20(24)23-9-7-22(8-10-23)13-15-11-16(25-3)19(27-5)17(12-15)26-4;/h11-12,14,18H,6-10,13,21H2,1-5H3;1H. The van der Waals surface area contributed by atoms with Crippen molar-refractivity contribution in [2.24, 2.45) is 11.7 Å². The van der Waals surface area contributed by atoms with Gasteiger partial charge in [-0.15, -0.1) is 12.4 Å². The van der Waals surface area contributed by atoms with Gasteiger partial charge in [0, 0.05) is 32.7 Å². The summed E-state index contributed by atoms with van der Waals surface area (Å²) in [5, 5.41) is 0. The zero-order valence-electron chi connectivity index (χ0n) is 17.6. The van der Waals surface area contributed by atoms with Crippen molar-refractivity contribution in [3.8, 4) is 17.2 Å². The molecule has 160 valence electrons. The Kier molecular flexibility index (Phi) is 9.85. The number of nitrogens with zero attached hydrogens (tertiary/aromatic N) is 2. The lowest BCUT2D eigenvalue weighted by atomic mass is 9.98. The number of rotatable bonds is 8. The predicted octanol–water partition coefficient (Wildman–Crippen LogP) is 2.15. The Hall–Kier alpha value is -1.70. The Bertz CT molecular complexity index is 611. The van der Waals surface area contributed by atoms with Gasteiger partial charge < -0.3 is 24.8 Å². The van der Waals surface area contributed by atoms with E-state index in [4.69, 9.17) is 19.9 Å². The van der Waals surface area contributed by atoms with Crippen LogP contribution in [0.2, 0.25) is 0 Å². The zero-order valence-corrected chi connectivity index (χ0v) is 18.4. The summed E-state index contributed by atoms with van der Waals surface area (Å²) in [4.78, 5) is 16.7. The number of ether oxygens (including phenoxy) is 3. The van der Waals surface area contributed by atoms with Gasteiger partial charge in [0.05, 0.1) is 27.4 Å². The lowest BCUT2D eigenvalue weighted by molar-refractivity contribution is -0.135. The van der Waals surface area contributed by atoms with Crippen LogP contribution in [0.3, 0.4) is 0 Å². The molecule has 1 amide bonds. The zero-order chi connectivity index (χ0) is 20.0. The largest absolute Gasteiger partial charge is 0.493 e. The summed E-state index contributed by atoms with van der Waals surface area (Å²) in [5.41, 5.74) is 7.19. The van der Waals surface area contributed by atoms with Gasteiger partial charge in [0.1, 0.15) is 0 Å². The fraction of sp³-hybridized carbons (Fsp3) is 0.650. The van der Waals surface area contributed by atoms with Gasteiger partial charge in [-0.05, 0) is 23.6 Å². The van der Waals surface area contributed by atoms with E-state index in [9.17, 15) is 4.79 Å². The highest BCUT2D eigenvalue weighted by Gasteiger charge is 2.28. The van der Waals surface area contributed by atoms with Crippen molar-refractivity contribution in [3.63, 3.8) is 0 Å². The Labute approximate surface area is 174 Å². The van der Waals surface area contributed by atoms with E-state index in [-0.39, 0.29) is 24.2 Å². The van der Waals surface area contributed by atoms with Crippen molar-refractivity contribution in [2.75, 3.05) is 47.5 Å². The molecule has 1 fully saturated rings. The summed E-state index contributed by atoms with van der Waals surface area (Å²) >= 11 is 0. The van der Waals surface area contributed by atoms with Gasteiger partial charge in [-0.2, -0.15) is 0 Å². The summed E-state index contributed by atoms with van der Waals surface area (Å²) in [6, 6.07) is 3.53. The number of hydrogen-bond acceptors (Lipinski definition) is 6. The van der Waals surface area contributed by atoms with E-state index in [0.29, 0.717) is 30.3 Å². The van der Waals surface area contributed by atoms with Crippen LogP contribution >= 0.6 is 12.4 Å². The number of nitrogens with two attached hydrogens (primary N) is 1. The van der Waals surface area contributed by atoms with Crippen LogP contribution in [-0.2, 0) is 11.3 Å². The molecule has 1 aliphatic heterocycles. The monoisotopic (exact) mass is 415 g/mol. The third-order valence-corrected chi connectivity index (χ3v) is 5.36. The van der Waals surface area contributed by atoms with Gasteiger partial charge in [-0.1, -0.05) is 20.3 Å². The molecule has 0 aromatic heterocycles. The van der Waals surface area contributed by atoms with Crippen LogP contribution in [-0.4, -0.2) is 69.3 Å². The summed E-state index contributed by atoms with van der Waals surface area (Å²) in [6.07, 6.45) is 0.911. The fourth-order valence-electron chi connectivity index (χ4n) is 3.32. The summed E-state index contributed by atoms with van der Waals surface area (Å²) < 4.78 is 16.2. The number of piperazine rings is 1. The van der Waals surface area contributed by atoms with Crippen LogP contribution in [0, 0.1) is 5.92 Å². The minimum Gasteiger partial charge on any atom is -0.493 e. The van der Waals surface area contributed by atoms with Crippen molar-refractivity contribution < 1.29 is 19.0 Å². The van der Waals surface area contributed by atoms with Crippen LogP contribution in [0.5, 0.6) is 17.2 Å². The van der Waals surface area contributed by atoms with Crippen molar-refractivity contribution in [3.05, 3.63) is 17.7 Å². The predicted molar refractivity (Wildman–Crippen MR) is 113 cm³/mol. The van der Waals surface area contributed by atoms with Gasteiger partial charge in [0.25, 0.3) is 0 Å². The fourth-order valence-corrected chi connectivity index (χ4v) is 3.32. The van der Waals surface area contributed by atoms with Crippen LogP contribution in [0.4, 0.5) is 0 Å². The highest BCUT2D eigenvalue weighted by atomic mass is 35.5. The minimum atomic E-state index is -0.406. The van der Waals surface area contributed by atoms with E-state index >= 15 is 0 Å². The summed E-state index contributed by atoms with van der Waals surface area (Å²) in [6.45, 7) is 7.89. The molecule has 8 heteroatoms. The lowest BCUT2D eigenvalue weighted by Crippen LogP contribution is -2.54. The maximum absolute atomic E-state index is 12.5. The third-order valence-electron chi connectivity index (χ3n) is 5.36. The number of amides is 1. The second kappa shape index (κ2) is 11.3. The molecular weight excluding hydrogens is 382 g/mol. The quantitative estimate of drug-likeness (QED) is 0.701. The molecule has 2 rings (SSSR count). The SMILES string of the molecule is CCC(C)C(N)C(=O)N1CCN(Cc2cc(OC)c(OC)c(OC)c2)CC1.Cl. The van der Waals surface area contributed by atoms with Crippen molar-refractivity contribution in [2.45, 2.75) is 32.9 Å². The first-order chi connectivity index (χ1) is 12.9. The van der Waals surface area contributed by atoms with Crippen LogP contribution < -0.4 is 19.9 Å². The maximum atomic E-state index is 12.5. The first-order valence-corrected chi connectivity index (χ1v) is 9.50. The summed E-state index contributed by atoms with van der Waals surface area (Å²) in [7, 11) is 4.83. The maximum Gasteiger partial charge on any atom is 0.239 e. The smallest absolute Gasteiger partial charge is 0.239 e. The van der Waals surface area contributed by atoms with Crippen molar-refractivity contribution in [1.29, 1.82) is 0 Å². The molecule has 1 heterocycles. The Morgan fingerprint density at radius 2 is 1.61 bits per heavy atom. The highest BCUT2D eigenvalue weighted by molar-refractivity contribution is 5.85. The van der Waals surface area contributed by atoms with Gasteiger partial charge in [-0.25, -0.2) is 0 Å². The highest BCUT2D eigenvalue weighted by Crippen LogP contribution is 2.38. The normalized spacial score (nSPS) is 16.7. The molecule has 1 aromatic rings. The van der Waals surface area contributed by atoms with Gasteiger partial charge in [-0.3, -0.25) is 9.69 Å². The van der Waals surface area contributed by atoms with Gasteiger partial charge in [0.15, 0.2) is 11.5 Å². The van der Waals surface area contributed by atoms with E-state index < -0.39 is 6.04 Å². The molecule has 0 aliphatic carbocycles. The van der Waals surface area contributed by atoms with E-state index in [1.54, 1.807) is 21.3 Å². The van der Waals surface area contributed by atoms with Crippen LogP contribution in [0.1, 0.15) is 25.8 Å². The molecule has 2 unspecified atom stereocenters. The van der Waals surface area contributed by atoms with Gasteiger partial charge in [0.2, 0.25) is 11.7 Å².